The Hall–Kier alpha value is -1.59. The van der Waals surface area contributed by atoms with Gasteiger partial charge in [0.25, 0.3) is 5.91 Å². The molecule has 5 nitrogen and oxygen atoms in total. The van der Waals surface area contributed by atoms with E-state index in [4.69, 9.17) is 23.2 Å². The lowest BCUT2D eigenvalue weighted by atomic mass is 10.4. The Bertz CT molecular complexity index is 567. The standard InChI is InChI=1S/C10H8Cl2N4O/c1-16-3-2-8(15-16)10(17)14-9-7(12)4-6(11)5-13-9/h2-5H,1H3,(H,13,14,17). The summed E-state index contributed by atoms with van der Waals surface area (Å²) >= 11 is 11.6. The summed E-state index contributed by atoms with van der Waals surface area (Å²) < 4.78 is 1.53. The predicted molar refractivity (Wildman–Crippen MR) is 65.4 cm³/mol. The Balaban J connectivity index is 2.18. The predicted octanol–water partition coefficient (Wildman–Crippen LogP) is 2.37. The molecule has 0 aliphatic heterocycles. The monoisotopic (exact) mass is 270 g/mol. The van der Waals surface area contributed by atoms with Crippen LogP contribution in [0.1, 0.15) is 10.5 Å². The van der Waals surface area contributed by atoms with E-state index < -0.39 is 0 Å². The van der Waals surface area contributed by atoms with Gasteiger partial charge in [-0.05, 0) is 12.1 Å². The molecule has 1 N–H and O–H groups in total. The summed E-state index contributed by atoms with van der Waals surface area (Å²) in [5.41, 5.74) is 0.292. The fraction of sp³-hybridized carbons (Fsp3) is 0.100. The average molecular weight is 271 g/mol. The number of anilines is 1. The van der Waals surface area contributed by atoms with Gasteiger partial charge in [-0.2, -0.15) is 5.10 Å². The van der Waals surface area contributed by atoms with Gasteiger partial charge in [0.1, 0.15) is 0 Å². The summed E-state index contributed by atoms with van der Waals surface area (Å²) in [6.07, 6.45) is 3.08. The number of carbonyl (C=O) groups excluding carboxylic acids is 1. The van der Waals surface area contributed by atoms with Crippen molar-refractivity contribution in [2.24, 2.45) is 7.05 Å². The molecule has 2 rings (SSSR count). The van der Waals surface area contributed by atoms with Crippen molar-refractivity contribution in [3.05, 3.63) is 40.3 Å². The van der Waals surface area contributed by atoms with Crippen molar-refractivity contribution >= 4 is 34.9 Å². The summed E-state index contributed by atoms with van der Waals surface area (Å²) in [4.78, 5) is 15.7. The van der Waals surface area contributed by atoms with Gasteiger partial charge in [0, 0.05) is 19.4 Å². The van der Waals surface area contributed by atoms with Crippen molar-refractivity contribution in [3.63, 3.8) is 0 Å². The van der Waals surface area contributed by atoms with Crippen molar-refractivity contribution in [1.29, 1.82) is 0 Å². The largest absolute Gasteiger partial charge is 0.304 e. The molecule has 2 heterocycles. The topological polar surface area (TPSA) is 59.8 Å². The highest BCUT2D eigenvalue weighted by molar-refractivity contribution is 6.36. The molecule has 2 aromatic rings. The number of nitrogens with zero attached hydrogens (tertiary/aromatic N) is 3. The first-order chi connectivity index (χ1) is 8.06. The molecular weight excluding hydrogens is 263 g/mol. The van der Waals surface area contributed by atoms with Crippen LogP contribution in [-0.4, -0.2) is 20.7 Å². The van der Waals surface area contributed by atoms with Crippen molar-refractivity contribution < 1.29 is 4.79 Å². The zero-order chi connectivity index (χ0) is 12.4. The molecule has 0 aromatic carbocycles. The second-order valence-electron chi connectivity index (χ2n) is 3.31. The van der Waals surface area contributed by atoms with E-state index in [9.17, 15) is 4.79 Å². The molecule has 0 fully saturated rings. The molecule has 0 saturated heterocycles. The Labute approximate surface area is 107 Å². The third-order valence-corrected chi connectivity index (χ3v) is 2.48. The normalized spacial score (nSPS) is 10.3. The maximum atomic E-state index is 11.7. The maximum absolute atomic E-state index is 11.7. The van der Waals surface area contributed by atoms with Crippen LogP contribution in [0.4, 0.5) is 5.82 Å². The van der Waals surface area contributed by atoms with Crippen LogP contribution in [0.2, 0.25) is 10.0 Å². The molecule has 0 saturated carbocycles. The molecule has 2 aromatic heterocycles. The van der Waals surface area contributed by atoms with Gasteiger partial charge in [-0.3, -0.25) is 9.48 Å². The van der Waals surface area contributed by atoms with Crippen LogP contribution < -0.4 is 5.32 Å². The summed E-state index contributed by atoms with van der Waals surface area (Å²) in [6, 6.07) is 3.10. The van der Waals surface area contributed by atoms with E-state index in [0.29, 0.717) is 10.7 Å². The molecule has 0 radical (unpaired) electrons. The zero-order valence-electron chi connectivity index (χ0n) is 8.82. The minimum absolute atomic E-state index is 0.256. The highest BCUT2D eigenvalue weighted by Crippen LogP contribution is 2.22. The maximum Gasteiger partial charge on any atom is 0.277 e. The van der Waals surface area contributed by atoms with Crippen LogP contribution in [0.3, 0.4) is 0 Å². The third-order valence-electron chi connectivity index (χ3n) is 1.99. The molecule has 0 bridgehead atoms. The molecule has 0 spiro atoms. The van der Waals surface area contributed by atoms with Crippen LogP contribution in [-0.2, 0) is 7.05 Å². The molecule has 17 heavy (non-hydrogen) atoms. The number of aryl methyl sites for hydroxylation is 1. The Kier molecular flexibility index (Phi) is 3.31. The number of aromatic nitrogens is 3. The van der Waals surface area contributed by atoms with E-state index >= 15 is 0 Å². The quantitative estimate of drug-likeness (QED) is 0.912. The zero-order valence-corrected chi connectivity index (χ0v) is 10.3. The minimum atomic E-state index is -0.373. The van der Waals surface area contributed by atoms with E-state index in [-0.39, 0.29) is 16.7 Å². The molecule has 88 valence electrons. The second kappa shape index (κ2) is 4.73. The fourth-order valence-corrected chi connectivity index (χ4v) is 1.64. The van der Waals surface area contributed by atoms with E-state index in [1.165, 1.54) is 16.9 Å². The number of hydrogen-bond acceptors (Lipinski definition) is 3. The Morgan fingerprint density at radius 2 is 2.24 bits per heavy atom. The highest BCUT2D eigenvalue weighted by atomic mass is 35.5. The van der Waals surface area contributed by atoms with Crippen molar-refractivity contribution in [2.45, 2.75) is 0 Å². The lowest BCUT2D eigenvalue weighted by Gasteiger charge is -2.04. The van der Waals surface area contributed by atoms with Gasteiger partial charge < -0.3 is 5.32 Å². The number of hydrogen-bond donors (Lipinski definition) is 1. The van der Waals surface area contributed by atoms with Gasteiger partial charge in [-0.1, -0.05) is 23.2 Å². The van der Waals surface area contributed by atoms with Crippen molar-refractivity contribution in [3.8, 4) is 0 Å². The molecule has 0 atom stereocenters. The van der Waals surface area contributed by atoms with Crippen LogP contribution >= 0.6 is 23.2 Å². The van der Waals surface area contributed by atoms with E-state index in [1.807, 2.05) is 0 Å². The number of carbonyl (C=O) groups is 1. The number of amides is 1. The summed E-state index contributed by atoms with van der Waals surface area (Å²) in [7, 11) is 1.73. The molecule has 1 amide bonds. The van der Waals surface area contributed by atoms with Gasteiger partial charge in [0.2, 0.25) is 0 Å². The molecule has 0 aliphatic rings. The van der Waals surface area contributed by atoms with E-state index in [0.717, 1.165) is 0 Å². The van der Waals surface area contributed by atoms with E-state index in [2.05, 4.69) is 15.4 Å². The first kappa shape index (κ1) is 11.9. The summed E-state index contributed by atoms with van der Waals surface area (Å²) in [5, 5.41) is 7.20. The van der Waals surface area contributed by atoms with Crippen LogP contribution in [0.25, 0.3) is 0 Å². The first-order valence-corrected chi connectivity index (χ1v) is 5.44. The molecular formula is C10H8Cl2N4O. The molecule has 0 unspecified atom stereocenters. The lowest BCUT2D eigenvalue weighted by Crippen LogP contribution is -2.14. The van der Waals surface area contributed by atoms with Crippen molar-refractivity contribution in [1.82, 2.24) is 14.8 Å². The summed E-state index contributed by atoms with van der Waals surface area (Å²) in [6.45, 7) is 0. The number of halogens is 2. The third kappa shape index (κ3) is 2.75. The SMILES string of the molecule is Cn1ccc(C(=O)Nc2ncc(Cl)cc2Cl)n1. The number of nitrogens with one attached hydrogen (secondary N) is 1. The average Bonchev–Trinajstić information content (AvgIpc) is 2.69. The van der Waals surface area contributed by atoms with Gasteiger partial charge in [-0.15, -0.1) is 0 Å². The van der Waals surface area contributed by atoms with Crippen LogP contribution in [0.15, 0.2) is 24.5 Å². The van der Waals surface area contributed by atoms with Gasteiger partial charge >= 0.3 is 0 Å². The smallest absolute Gasteiger partial charge is 0.277 e. The second-order valence-corrected chi connectivity index (χ2v) is 4.16. The first-order valence-electron chi connectivity index (χ1n) is 4.68. The molecule has 0 aliphatic carbocycles. The minimum Gasteiger partial charge on any atom is -0.304 e. The van der Waals surface area contributed by atoms with Crippen LogP contribution in [0, 0.1) is 0 Å². The highest BCUT2D eigenvalue weighted by Gasteiger charge is 2.12. The van der Waals surface area contributed by atoms with E-state index in [1.54, 1.807) is 19.3 Å². The molecule has 7 heteroatoms. The number of pyridine rings is 1. The van der Waals surface area contributed by atoms with Gasteiger partial charge in [0.05, 0.1) is 10.0 Å². The summed E-state index contributed by atoms with van der Waals surface area (Å²) in [5.74, 6) is -0.117. The number of rotatable bonds is 2. The van der Waals surface area contributed by atoms with Crippen molar-refractivity contribution in [2.75, 3.05) is 5.32 Å². The van der Waals surface area contributed by atoms with Crippen LogP contribution in [0.5, 0.6) is 0 Å². The fourth-order valence-electron chi connectivity index (χ4n) is 1.21. The Morgan fingerprint density at radius 1 is 1.47 bits per heavy atom. The lowest BCUT2D eigenvalue weighted by molar-refractivity contribution is 0.102. The Morgan fingerprint density at radius 3 is 2.82 bits per heavy atom. The van der Waals surface area contributed by atoms with Gasteiger partial charge in [-0.25, -0.2) is 4.98 Å². The van der Waals surface area contributed by atoms with Gasteiger partial charge in [0.15, 0.2) is 11.5 Å².